The maximum Gasteiger partial charge on any atom is 0.254 e. The molecular weight excluding hydrogens is 555 g/mol. The van der Waals surface area contributed by atoms with Crippen LogP contribution in [0.3, 0.4) is 0 Å². The van der Waals surface area contributed by atoms with Crippen LogP contribution in [0.25, 0.3) is 22.2 Å². The molecule has 3 aromatic heterocycles. The molecule has 2 N–H and O–H groups in total. The smallest absolute Gasteiger partial charge is 0.254 e. The van der Waals surface area contributed by atoms with Gasteiger partial charge in [-0.1, -0.05) is 25.1 Å². The second kappa shape index (κ2) is 13.6. The van der Waals surface area contributed by atoms with E-state index in [1.807, 2.05) is 30.0 Å². The van der Waals surface area contributed by atoms with E-state index in [1.165, 1.54) is 13.4 Å². The molecule has 0 radical (unpaired) electrons. The second-order valence-corrected chi connectivity index (χ2v) is 10.4. The van der Waals surface area contributed by atoms with Crippen LogP contribution in [0.2, 0.25) is 0 Å². The van der Waals surface area contributed by atoms with Crippen LogP contribution in [0, 0.1) is 11.7 Å². The van der Waals surface area contributed by atoms with Crippen molar-refractivity contribution >= 4 is 42.0 Å². The number of fused-ring (bicyclic) bond motifs is 1. The first-order valence-electron chi connectivity index (χ1n) is 13.8. The minimum Gasteiger partial charge on any atom is -0.369 e. The Kier molecular flexibility index (Phi) is 10.00. The monoisotopic (exact) mass is 590 g/mol. The molecule has 4 heterocycles. The van der Waals surface area contributed by atoms with Gasteiger partial charge in [-0.15, -0.1) is 0 Å². The lowest BCUT2D eigenvalue weighted by atomic mass is 9.93. The minimum atomic E-state index is -0.653. The van der Waals surface area contributed by atoms with Gasteiger partial charge in [0.25, 0.3) is 5.91 Å². The molecule has 0 aliphatic carbocycles. The highest BCUT2D eigenvalue weighted by Crippen LogP contribution is 2.28. The summed E-state index contributed by atoms with van der Waals surface area (Å²) in [5, 5.41) is 6.33. The lowest BCUT2D eigenvalue weighted by molar-refractivity contribution is -0.130. The van der Waals surface area contributed by atoms with Gasteiger partial charge in [0.1, 0.15) is 18.0 Å². The van der Waals surface area contributed by atoms with Crippen molar-refractivity contribution in [3.05, 3.63) is 72.0 Å². The van der Waals surface area contributed by atoms with Gasteiger partial charge in [-0.2, -0.15) is 13.5 Å². The largest absolute Gasteiger partial charge is 0.369 e. The Morgan fingerprint density at radius 2 is 1.81 bits per heavy atom. The van der Waals surface area contributed by atoms with Gasteiger partial charge < -0.3 is 15.5 Å². The van der Waals surface area contributed by atoms with Crippen LogP contribution >= 0.6 is 13.5 Å². The fourth-order valence-electron chi connectivity index (χ4n) is 5.26. The van der Waals surface area contributed by atoms with Crippen LogP contribution in [-0.4, -0.2) is 68.3 Å². The molecule has 0 spiro atoms. The molecule has 4 aromatic rings. The van der Waals surface area contributed by atoms with Gasteiger partial charge in [-0.3, -0.25) is 14.6 Å². The van der Waals surface area contributed by atoms with Gasteiger partial charge >= 0.3 is 0 Å². The molecule has 0 unspecified atom stereocenters. The van der Waals surface area contributed by atoms with Crippen LogP contribution in [0.1, 0.15) is 54.4 Å². The summed E-state index contributed by atoms with van der Waals surface area (Å²) in [6.07, 6.45) is 8.88. The average Bonchev–Trinajstić information content (AvgIpc) is 3.00. The number of aromatic nitrogens is 5. The number of hydrogen-bond donors (Lipinski definition) is 2. The highest BCUT2D eigenvalue weighted by atomic mass is 32.1. The molecule has 0 bridgehead atoms. The Morgan fingerprint density at radius 1 is 1.07 bits per heavy atom. The van der Waals surface area contributed by atoms with E-state index in [1.54, 1.807) is 25.4 Å². The minimum absolute atomic E-state index is 0. The van der Waals surface area contributed by atoms with E-state index in [2.05, 4.69) is 35.6 Å². The van der Waals surface area contributed by atoms with Crippen LogP contribution in [0.5, 0.6) is 0 Å². The molecule has 0 saturated carbocycles. The summed E-state index contributed by atoms with van der Waals surface area (Å²) in [5.41, 5.74) is 2.97. The number of carbonyl (C=O) groups excluding carboxylic acids is 2. The number of nitrogens with zero attached hydrogens (tertiary/aromatic N) is 6. The number of amides is 2. The number of hydrogen-bond acceptors (Lipinski definition) is 8. The molecule has 1 fully saturated rings. The van der Waals surface area contributed by atoms with Crippen molar-refractivity contribution in [3.8, 4) is 11.3 Å². The van der Waals surface area contributed by atoms with Crippen molar-refractivity contribution in [1.82, 2.24) is 35.1 Å². The number of nitrogens with one attached hydrogen (secondary N) is 2. The standard InChI is InChI=1S/C30H33FN8O2.H2S/c1-18(22-5-4-6-23-28(30(41)32-3)24(31)16-36-29(22)23)13-33-27-12-25(37-17-38-27)21-14-34-26(35-15-21)11-20-7-9-39(10-8-20)19(2)40;/h4-6,12,14-18,20H,7-11,13H2,1-3H3,(H,32,41)(H,33,37,38);1H2/t18-;/m1./s1. The van der Waals surface area contributed by atoms with E-state index in [0.717, 1.165) is 55.5 Å². The number of carbonyl (C=O) groups is 2. The maximum absolute atomic E-state index is 14.4. The number of halogens is 1. The van der Waals surface area contributed by atoms with Gasteiger partial charge in [0.15, 0.2) is 5.82 Å². The summed E-state index contributed by atoms with van der Waals surface area (Å²) in [6, 6.07) is 7.30. The van der Waals surface area contributed by atoms with Crippen LogP contribution in [-0.2, 0) is 11.2 Å². The van der Waals surface area contributed by atoms with Crippen molar-refractivity contribution in [3.63, 3.8) is 0 Å². The third-order valence-corrected chi connectivity index (χ3v) is 7.66. The van der Waals surface area contributed by atoms with E-state index in [9.17, 15) is 14.0 Å². The molecule has 220 valence electrons. The molecule has 1 saturated heterocycles. The molecule has 1 aromatic carbocycles. The summed E-state index contributed by atoms with van der Waals surface area (Å²) in [5.74, 6) is 0.889. The molecular formula is C30H35FN8O2S. The second-order valence-electron chi connectivity index (χ2n) is 10.4. The molecule has 1 aliphatic rings. The van der Waals surface area contributed by atoms with E-state index in [4.69, 9.17) is 0 Å². The number of pyridine rings is 1. The Balaban J connectivity index is 0.00000405. The maximum atomic E-state index is 14.4. The van der Waals surface area contributed by atoms with Gasteiger partial charge in [-0.25, -0.2) is 24.3 Å². The Morgan fingerprint density at radius 3 is 2.50 bits per heavy atom. The zero-order chi connectivity index (χ0) is 28.9. The normalized spacial score (nSPS) is 14.2. The van der Waals surface area contributed by atoms with Crippen molar-refractivity contribution < 1.29 is 14.0 Å². The highest BCUT2D eigenvalue weighted by molar-refractivity contribution is 7.59. The highest BCUT2D eigenvalue weighted by Gasteiger charge is 2.22. The molecule has 5 rings (SSSR count). The van der Waals surface area contributed by atoms with Gasteiger partial charge in [0.2, 0.25) is 5.91 Å². The Hall–Kier alpha value is -4.19. The van der Waals surface area contributed by atoms with Crippen LogP contribution in [0.4, 0.5) is 10.2 Å². The van der Waals surface area contributed by atoms with Gasteiger partial charge in [0, 0.05) is 75.4 Å². The quantitative estimate of drug-likeness (QED) is 0.314. The van der Waals surface area contributed by atoms with E-state index in [0.29, 0.717) is 34.9 Å². The first-order chi connectivity index (χ1) is 19.8. The molecule has 12 heteroatoms. The molecule has 10 nitrogen and oxygen atoms in total. The number of rotatable bonds is 8. The SMILES string of the molecule is CNC(=O)c1c(F)cnc2c([C@H](C)CNc3cc(-c4cnc(CC5CCN(C(C)=O)CC5)nc4)ncn3)cccc12.S. The third-order valence-electron chi connectivity index (χ3n) is 7.66. The molecule has 42 heavy (non-hydrogen) atoms. The average molecular weight is 591 g/mol. The van der Waals surface area contributed by atoms with Crippen LogP contribution < -0.4 is 10.6 Å². The zero-order valence-electron chi connectivity index (χ0n) is 23.9. The fourth-order valence-corrected chi connectivity index (χ4v) is 5.26. The predicted octanol–water partition coefficient (Wildman–Crippen LogP) is 4.11. The summed E-state index contributed by atoms with van der Waals surface area (Å²) >= 11 is 0. The fraction of sp³-hybridized carbons (Fsp3) is 0.367. The lowest BCUT2D eigenvalue weighted by Gasteiger charge is -2.30. The topological polar surface area (TPSA) is 126 Å². The van der Waals surface area contributed by atoms with E-state index < -0.39 is 11.7 Å². The zero-order valence-corrected chi connectivity index (χ0v) is 24.9. The summed E-state index contributed by atoms with van der Waals surface area (Å²) in [6.45, 7) is 5.76. The molecule has 1 atom stereocenters. The van der Waals surface area contributed by atoms with Crippen molar-refractivity contribution in [2.24, 2.45) is 5.92 Å². The van der Waals surface area contributed by atoms with Crippen molar-refractivity contribution in [1.29, 1.82) is 0 Å². The molecule has 2 amide bonds. The van der Waals surface area contributed by atoms with Gasteiger partial charge in [-0.05, 0) is 24.3 Å². The number of anilines is 1. The molecule has 1 aliphatic heterocycles. The third kappa shape index (κ3) is 6.81. The van der Waals surface area contributed by atoms with Gasteiger partial charge in [0.05, 0.1) is 23.0 Å². The van der Waals surface area contributed by atoms with E-state index >= 15 is 0 Å². The van der Waals surface area contributed by atoms with Crippen LogP contribution in [0.15, 0.2) is 49.2 Å². The summed E-state index contributed by atoms with van der Waals surface area (Å²) in [4.78, 5) is 48.0. The number of likely N-dealkylation sites (tertiary alicyclic amines) is 1. The summed E-state index contributed by atoms with van der Waals surface area (Å²) < 4.78 is 14.4. The van der Waals surface area contributed by atoms with Crippen molar-refractivity contribution in [2.45, 2.75) is 39.0 Å². The number of benzene rings is 1. The predicted molar refractivity (Wildman–Crippen MR) is 164 cm³/mol. The first-order valence-corrected chi connectivity index (χ1v) is 13.8. The number of piperidine rings is 1. The van der Waals surface area contributed by atoms with Crippen molar-refractivity contribution in [2.75, 3.05) is 32.0 Å². The van der Waals surface area contributed by atoms with E-state index in [-0.39, 0.29) is 30.9 Å². The number of para-hydroxylation sites is 1. The Labute approximate surface area is 251 Å². The Bertz CT molecular complexity index is 1560. The first kappa shape index (κ1) is 30.8. The lowest BCUT2D eigenvalue weighted by Crippen LogP contribution is -2.37. The summed E-state index contributed by atoms with van der Waals surface area (Å²) in [7, 11) is 1.48.